The highest BCUT2D eigenvalue weighted by Crippen LogP contribution is 2.22. The number of carbonyl (C=O) groups excluding carboxylic acids is 1. The number of benzene rings is 1. The van der Waals surface area contributed by atoms with Crippen LogP contribution in [0.15, 0.2) is 18.2 Å². The summed E-state index contributed by atoms with van der Waals surface area (Å²) in [5.41, 5.74) is 6.57. The molecule has 0 aromatic heterocycles. The van der Waals surface area contributed by atoms with Crippen LogP contribution in [0.1, 0.15) is 30.6 Å². The molecule has 0 amide bonds. The fourth-order valence-corrected chi connectivity index (χ4v) is 1.34. The zero-order valence-electron chi connectivity index (χ0n) is 10.5. The van der Waals surface area contributed by atoms with Gasteiger partial charge in [0.25, 0.3) is 0 Å². The van der Waals surface area contributed by atoms with Crippen LogP contribution in [0.2, 0.25) is 0 Å². The summed E-state index contributed by atoms with van der Waals surface area (Å²) in [5, 5.41) is 0. The third kappa shape index (κ3) is 3.98. The normalized spacial score (nSPS) is 10.4. The van der Waals surface area contributed by atoms with Crippen molar-refractivity contribution in [1.82, 2.24) is 0 Å². The van der Waals surface area contributed by atoms with Gasteiger partial charge in [-0.15, -0.1) is 0 Å². The van der Waals surface area contributed by atoms with Crippen molar-refractivity contribution in [3.05, 3.63) is 23.8 Å². The molecule has 17 heavy (non-hydrogen) atoms. The summed E-state index contributed by atoms with van der Waals surface area (Å²) >= 11 is 0. The molecule has 0 bridgehead atoms. The Labute approximate surface area is 102 Å². The summed E-state index contributed by atoms with van der Waals surface area (Å²) in [5.74, 6) is 0.582. The van der Waals surface area contributed by atoms with Crippen LogP contribution < -0.4 is 10.5 Å². The number of hydrogen-bond donors (Lipinski definition) is 1. The van der Waals surface area contributed by atoms with Gasteiger partial charge in [-0.05, 0) is 24.5 Å². The van der Waals surface area contributed by atoms with E-state index in [9.17, 15) is 4.79 Å². The van der Waals surface area contributed by atoms with E-state index in [1.807, 2.05) is 0 Å². The van der Waals surface area contributed by atoms with Crippen LogP contribution >= 0.6 is 0 Å². The Morgan fingerprint density at radius 3 is 2.71 bits per heavy atom. The van der Waals surface area contributed by atoms with Crippen LogP contribution in [0.4, 0.5) is 5.69 Å². The van der Waals surface area contributed by atoms with Gasteiger partial charge in [0.15, 0.2) is 0 Å². The minimum atomic E-state index is -0.373. The monoisotopic (exact) mass is 237 g/mol. The quantitative estimate of drug-likeness (QED) is 0.631. The van der Waals surface area contributed by atoms with Gasteiger partial charge in [0.05, 0.1) is 13.7 Å². The van der Waals surface area contributed by atoms with E-state index in [1.54, 1.807) is 18.2 Å². The third-order valence-corrected chi connectivity index (χ3v) is 2.37. The van der Waals surface area contributed by atoms with Gasteiger partial charge < -0.3 is 15.2 Å². The van der Waals surface area contributed by atoms with Gasteiger partial charge in [-0.25, -0.2) is 4.79 Å². The average Bonchev–Trinajstić information content (AvgIpc) is 2.28. The fourth-order valence-electron chi connectivity index (χ4n) is 1.34. The van der Waals surface area contributed by atoms with E-state index in [2.05, 4.69) is 13.8 Å². The molecular formula is C13H19NO3. The molecule has 1 rings (SSSR count). The Morgan fingerprint density at radius 1 is 1.41 bits per heavy atom. The van der Waals surface area contributed by atoms with Crippen molar-refractivity contribution in [2.45, 2.75) is 20.3 Å². The van der Waals surface area contributed by atoms with Gasteiger partial charge in [0.1, 0.15) is 11.3 Å². The molecule has 0 saturated carbocycles. The summed E-state index contributed by atoms with van der Waals surface area (Å²) in [6.45, 7) is 4.58. The zero-order chi connectivity index (χ0) is 12.8. The fraction of sp³-hybridized carbons (Fsp3) is 0.462. The Morgan fingerprint density at radius 2 is 2.12 bits per heavy atom. The zero-order valence-corrected chi connectivity index (χ0v) is 10.5. The van der Waals surface area contributed by atoms with Crippen molar-refractivity contribution in [3.8, 4) is 5.75 Å². The summed E-state index contributed by atoms with van der Waals surface area (Å²) in [6, 6.07) is 4.88. The van der Waals surface area contributed by atoms with Crippen molar-refractivity contribution in [2.75, 3.05) is 19.5 Å². The maximum atomic E-state index is 11.8. The number of esters is 1. The standard InChI is InChI=1S/C13H19NO3/c1-9(2)6-7-17-13(15)11-5-4-10(14)8-12(11)16-3/h4-5,8-9H,6-7,14H2,1-3H3. The minimum absolute atomic E-state index is 0.373. The topological polar surface area (TPSA) is 61.5 Å². The molecule has 4 heteroatoms. The van der Waals surface area contributed by atoms with E-state index in [-0.39, 0.29) is 5.97 Å². The van der Waals surface area contributed by atoms with Crippen molar-refractivity contribution in [3.63, 3.8) is 0 Å². The smallest absolute Gasteiger partial charge is 0.341 e. The molecule has 4 nitrogen and oxygen atoms in total. The van der Waals surface area contributed by atoms with Crippen LogP contribution in [-0.4, -0.2) is 19.7 Å². The predicted molar refractivity (Wildman–Crippen MR) is 67.1 cm³/mol. The first-order valence-corrected chi connectivity index (χ1v) is 5.65. The first-order chi connectivity index (χ1) is 8.04. The molecule has 0 heterocycles. The number of carbonyl (C=O) groups is 1. The summed E-state index contributed by atoms with van der Waals surface area (Å²) in [7, 11) is 1.50. The molecule has 1 aromatic carbocycles. The van der Waals surface area contributed by atoms with Crippen LogP contribution in [0.3, 0.4) is 0 Å². The van der Waals surface area contributed by atoms with Crippen LogP contribution in [-0.2, 0) is 4.74 Å². The highest BCUT2D eigenvalue weighted by molar-refractivity contribution is 5.93. The maximum Gasteiger partial charge on any atom is 0.341 e. The second-order valence-corrected chi connectivity index (χ2v) is 4.28. The van der Waals surface area contributed by atoms with E-state index >= 15 is 0 Å². The van der Waals surface area contributed by atoms with Crippen molar-refractivity contribution in [2.24, 2.45) is 5.92 Å². The van der Waals surface area contributed by atoms with Crippen molar-refractivity contribution >= 4 is 11.7 Å². The molecule has 2 N–H and O–H groups in total. The number of rotatable bonds is 5. The molecule has 1 aromatic rings. The molecule has 94 valence electrons. The number of ether oxygens (including phenoxy) is 2. The van der Waals surface area contributed by atoms with Gasteiger partial charge in [-0.3, -0.25) is 0 Å². The SMILES string of the molecule is COc1cc(N)ccc1C(=O)OCCC(C)C. The molecule has 0 spiro atoms. The molecule has 0 atom stereocenters. The second kappa shape index (κ2) is 6.13. The average molecular weight is 237 g/mol. The van der Waals surface area contributed by atoms with Gasteiger partial charge in [-0.1, -0.05) is 13.8 Å². The van der Waals surface area contributed by atoms with Gasteiger partial charge >= 0.3 is 5.97 Å². The lowest BCUT2D eigenvalue weighted by molar-refractivity contribution is 0.0484. The molecule has 0 radical (unpaired) electrons. The lowest BCUT2D eigenvalue weighted by atomic mass is 10.1. The number of hydrogen-bond acceptors (Lipinski definition) is 4. The maximum absolute atomic E-state index is 11.8. The Bertz CT molecular complexity index is 388. The molecule has 0 aliphatic heterocycles. The predicted octanol–water partition coefficient (Wildman–Crippen LogP) is 2.48. The van der Waals surface area contributed by atoms with Crippen LogP contribution in [0.5, 0.6) is 5.75 Å². The number of nitrogen functional groups attached to an aromatic ring is 1. The molecular weight excluding hydrogens is 218 g/mol. The molecule has 0 saturated heterocycles. The summed E-state index contributed by atoms with van der Waals surface area (Å²) in [6.07, 6.45) is 0.850. The van der Waals surface area contributed by atoms with Crippen LogP contribution in [0.25, 0.3) is 0 Å². The minimum Gasteiger partial charge on any atom is -0.496 e. The van der Waals surface area contributed by atoms with E-state index in [1.165, 1.54) is 7.11 Å². The van der Waals surface area contributed by atoms with E-state index in [0.29, 0.717) is 29.5 Å². The molecule has 0 unspecified atom stereocenters. The Kier molecular flexibility index (Phi) is 4.82. The van der Waals surface area contributed by atoms with Gasteiger partial charge in [-0.2, -0.15) is 0 Å². The molecule has 0 aliphatic rings. The molecule has 0 aliphatic carbocycles. The summed E-state index contributed by atoms with van der Waals surface area (Å²) in [4.78, 5) is 11.8. The van der Waals surface area contributed by atoms with Gasteiger partial charge in [0.2, 0.25) is 0 Å². The molecule has 0 fully saturated rings. The van der Waals surface area contributed by atoms with E-state index in [0.717, 1.165) is 6.42 Å². The highest BCUT2D eigenvalue weighted by Gasteiger charge is 2.13. The van der Waals surface area contributed by atoms with E-state index < -0.39 is 0 Å². The lowest BCUT2D eigenvalue weighted by Gasteiger charge is -2.10. The van der Waals surface area contributed by atoms with E-state index in [4.69, 9.17) is 15.2 Å². The summed E-state index contributed by atoms with van der Waals surface area (Å²) < 4.78 is 10.3. The van der Waals surface area contributed by atoms with Gasteiger partial charge in [0, 0.05) is 11.8 Å². The second-order valence-electron chi connectivity index (χ2n) is 4.28. The Hall–Kier alpha value is -1.71. The van der Waals surface area contributed by atoms with Crippen LogP contribution in [0, 0.1) is 5.92 Å². The highest BCUT2D eigenvalue weighted by atomic mass is 16.5. The first kappa shape index (κ1) is 13.4. The largest absolute Gasteiger partial charge is 0.496 e. The Balaban J connectivity index is 2.68. The lowest BCUT2D eigenvalue weighted by Crippen LogP contribution is -2.09. The third-order valence-electron chi connectivity index (χ3n) is 2.37. The first-order valence-electron chi connectivity index (χ1n) is 5.65. The number of nitrogens with two attached hydrogens (primary N) is 1. The number of anilines is 1. The van der Waals surface area contributed by atoms with Crippen molar-refractivity contribution < 1.29 is 14.3 Å². The number of methoxy groups -OCH3 is 1. The van der Waals surface area contributed by atoms with Crippen molar-refractivity contribution in [1.29, 1.82) is 0 Å².